The molecule has 1 spiro atoms. The normalized spacial score (nSPS) is 20.1. The molecular formula is C42H58N4O15. The van der Waals surface area contributed by atoms with Gasteiger partial charge in [-0.3, -0.25) is 14.4 Å². The number of hydrogen-bond donors (Lipinski definition) is 4. The van der Waals surface area contributed by atoms with Crippen LogP contribution in [0.15, 0.2) is 60.7 Å². The van der Waals surface area contributed by atoms with Crippen LogP contribution in [0.1, 0.15) is 51.7 Å². The van der Waals surface area contributed by atoms with Crippen LogP contribution in [0.4, 0.5) is 9.59 Å². The Hall–Kier alpha value is -5.63. The van der Waals surface area contributed by atoms with Crippen molar-refractivity contribution in [1.29, 1.82) is 0 Å². The SMILES string of the molecule is COC(=O)N[C@H](C(=O)N1CC(=O)C[C@H]1C(=O)OCc1ccccc1)C(C)C.COC(=O)N[C@H](C(=O)N1CC2(COCO2)C[C@H]1C(=O)OCc1ccccc1)C(C)C.OCCO. The second-order valence-corrected chi connectivity index (χ2v) is 15.1. The van der Waals surface area contributed by atoms with E-state index in [1.165, 1.54) is 24.0 Å². The number of hydrogen-bond acceptors (Lipinski definition) is 15. The molecule has 3 aliphatic rings. The lowest BCUT2D eigenvalue weighted by atomic mass is 10.0. The lowest BCUT2D eigenvalue weighted by Crippen LogP contribution is -2.54. The summed E-state index contributed by atoms with van der Waals surface area (Å²) in [4.78, 5) is 89.3. The number of amides is 4. The highest BCUT2D eigenvalue weighted by molar-refractivity contribution is 5.99. The first-order valence-corrected chi connectivity index (χ1v) is 19.8. The first kappa shape index (κ1) is 49.7. The second-order valence-electron chi connectivity index (χ2n) is 15.1. The third kappa shape index (κ3) is 14.8. The zero-order chi connectivity index (χ0) is 45.1. The number of nitrogens with zero attached hydrogens (tertiary/aromatic N) is 2. The molecule has 3 heterocycles. The third-order valence-corrected chi connectivity index (χ3v) is 9.80. The van der Waals surface area contributed by atoms with Crippen LogP contribution in [-0.4, -0.2) is 145 Å². The van der Waals surface area contributed by atoms with Crippen LogP contribution in [0.5, 0.6) is 0 Å². The molecule has 0 saturated carbocycles. The predicted octanol–water partition coefficient (Wildman–Crippen LogP) is 1.71. The Labute approximate surface area is 354 Å². The number of carbonyl (C=O) groups is 7. The van der Waals surface area contributed by atoms with Crippen molar-refractivity contribution in [1.82, 2.24) is 20.4 Å². The fourth-order valence-corrected chi connectivity index (χ4v) is 6.57. The van der Waals surface area contributed by atoms with Crippen LogP contribution in [0.2, 0.25) is 0 Å². The highest BCUT2D eigenvalue weighted by atomic mass is 16.7. The Morgan fingerprint density at radius 2 is 1.20 bits per heavy atom. The number of alkyl carbamates (subject to hydrolysis) is 2. The number of ether oxygens (including phenoxy) is 6. The summed E-state index contributed by atoms with van der Waals surface area (Å²) >= 11 is 0. The van der Waals surface area contributed by atoms with Gasteiger partial charge in [-0.05, 0) is 23.0 Å². The van der Waals surface area contributed by atoms with Crippen molar-refractivity contribution in [2.75, 3.05) is 53.9 Å². The van der Waals surface area contributed by atoms with Gasteiger partial charge in [0.05, 0.1) is 47.1 Å². The van der Waals surface area contributed by atoms with E-state index in [0.717, 1.165) is 11.1 Å². The minimum Gasteiger partial charge on any atom is -0.459 e. The number of nitrogens with one attached hydrogen (secondary N) is 2. The summed E-state index contributed by atoms with van der Waals surface area (Å²) in [5.74, 6) is -2.75. The molecule has 0 aliphatic carbocycles. The van der Waals surface area contributed by atoms with Crippen LogP contribution in [0.3, 0.4) is 0 Å². The fourth-order valence-electron chi connectivity index (χ4n) is 6.57. The highest BCUT2D eigenvalue weighted by Gasteiger charge is 2.54. The van der Waals surface area contributed by atoms with Gasteiger partial charge in [0.15, 0.2) is 5.78 Å². The number of aliphatic hydroxyl groups is 2. The molecule has 3 aliphatic heterocycles. The molecular weight excluding hydrogens is 800 g/mol. The predicted molar refractivity (Wildman–Crippen MR) is 215 cm³/mol. The van der Waals surface area contributed by atoms with E-state index < -0.39 is 59.8 Å². The van der Waals surface area contributed by atoms with Crippen molar-refractivity contribution >= 4 is 41.7 Å². The molecule has 3 saturated heterocycles. The van der Waals surface area contributed by atoms with E-state index in [1.54, 1.807) is 13.8 Å². The minimum absolute atomic E-state index is 0.0560. The highest BCUT2D eigenvalue weighted by Crippen LogP contribution is 2.35. The number of aliphatic hydroxyl groups excluding tert-OH is 2. The fraction of sp³-hybridized carbons (Fsp3) is 0.548. The lowest BCUT2D eigenvalue weighted by Gasteiger charge is -2.30. The maximum atomic E-state index is 13.3. The van der Waals surface area contributed by atoms with Crippen molar-refractivity contribution < 1.29 is 72.2 Å². The van der Waals surface area contributed by atoms with Gasteiger partial charge in [0.2, 0.25) is 11.8 Å². The molecule has 336 valence electrons. The molecule has 61 heavy (non-hydrogen) atoms. The quantitative estimate of drug-likeness (QED) is 0.166. The summed E-state index contributed by atoms with van der Waals surface area (Å²) in [5, 5.41) is 20.3. The zero-order valence-corrected chi connectivity index (χ0v) is 35.4. The van der Waals surface area contributed by atoms with E-state index in [0.29, 0.717) is 0 Å². The molecule has 4 N–H and O–H groups in total. The second kappa shape index (κ2) is 24.6. The van der Waals surface area contributed by atoms with Gasteiger partial charge in [0.25, 0.3) is 0 Å². The smallest absolute Gasteiger partial charge is 0.407 e. The summed E-state index contributed by atoms with van der Waals surface area (Å²) < 4.78 is 31.1. The Balaban J connectivity index is 0.000000301. The molecule has 5 atom stereocenters. The van der Waals surface area contributed by atoms with Gasteiger partial charge in [-0.15, -0.1) is 0 Å². The number of carbonyl (C=O) groups excluding carboxylic acids is 7. The van der Waals surface area contributed by atoms with E-state index in [2.05, 4.69) is 20.1 Å². The number of Topliss-reactive ketones (excluding diaryl/α,β-unsaturated/α-hetero) is 1. The maximum absolute atomic E-state index is 13.3. The van der Waals surface area contributed by atoms with Crippen LogP contribution >= 0.6 is 0 Å². The Morgan fingerprint density at radius 1 is 0.738 bits per heavy atom. The molecule has 1 unspecified atom stereocenters. The first-order chi connectivity index (χ1) is 29.1. The van der Waals surface area contributed by atoms with Gasteiger partial charge in [0, 0.05) is 12.8 Å². The Morgan fingerprint density at radius 3 is 1.61 bits per heavy atom. The van der Waals surface area contributed by atoms with Crippen LogP contribution in [0.25, 0.3) is 0 Å². The standard InChI is InChI=1S/C21H28N2O7.C19H24N2O6.C2H6O2/c1-14(2)17(22-20(26)27-3)18(24)23-11-21(12-28-13-30-21)9-16(23)19(25)29-10-15-7-5-4-6-8-15;1-12(2)16(20-19(25)26-3)17(23)21-10-14(22)9-15(21)18(24)27-11-13-7-5-4-6-8-13;3-1-2-4/h4-8,14,16-17H,9-13H2,1-3H3,(H,22,26);4-8,12,15-16H,9-11H2,1-3H3,(H,20,25);3-4H,1-2H2/t16-,17-,21?;15-,16-;/m00./s1. The largest absolute Gasteiger partial charge is 0.459 e. The molecule has 3 fully saturated rings. The molecule has 19 heteroatoms. The summed E-state index contributed by atoms with van der Waals surface area (Å²) in [6.45, 7) is 7.43. The van der Waals surface area contributed by atoms with Gasteiger partial charge in [-0.25, -0.2) is 19.2 Å². The van der Waals surface area contributed by atoms with E-state index >= 15 is 0 Å². The van der Waals surface area contributed by atoms with Gasteiger partial charge < -0.3 is 59.1 Å². The molecule has 0 aromatic heterocycles. The summed E-state index contributed by atoms with van der Waals surface area (Å²) in [6.07, 6.45) is -1.28. The number of ketones is 1. The van der Waals surface area contributed by atoms with E-state index in [9.17, 15) is 33.6 Å². The number of likely N-dealkylation sites (tertiary alicyclic amines) is 2. The van der Waals surface area contributed by atoms with Crippen molar-refractivity contribution in [3.63, 3.8) is 0 Å². The summed E-state index contributed by atoms with van der Waals surface area (Å²) in [7, 11) is 2.43. The summed E-state index contributed by atoms with van der Waals surface area (Å²) in [6, 6.07) is 14.9. The maximum Gasteiger partial charge on any atom is 0.407 e. The first-order valence-electron chi connectivity index (χ1n) is 19.8. The zero-order valence-electron chi connectivity index (χ0n) is 35.4. The third-order valence-electron chi connectivity index (χ3n) is 9.80. The molecule has 0 bridgehead atoms. The minimum atomic E-state index is -0.991. The van der Waals surface area contributed by atoms with E-state index in [1.807, 2.05) is 74.5 Å². The molecule has 2 aromatic carbocycles. The topological polar surface area (TPSA) is 246 Å². The molecule has 2 aromatic rings. The van der Waals surface area contributed by atoms with Gasteiger partial charge in [-0.1, -0.05) is 88.4 Å². The number of benzene rings is 2. The van der Waals surface area contributed by atoms with Crippen LogP contribution in [0, 0.1) is 11.8 Å². The number of esters is 2. The lowest BCUT2D eigenvalue weighted by molar-refractivity contribution is -0.155. The van der Waals surface area contributed by atoms with Crippen molar-refractivity contribution in [2.45, 2.75) is 83.5 Å². The Bertz CT molecular complexity index is 1750. The molecule has 4 amide bonds. The van der Waals surface area contributed by atoms with Gasteiger partial charge in [0.1, 0.15) is 49.8 Å². The van der Waals surface area contributed by atoms with Crippen molar-refractivity contribution in [3.8, 4) is 0 Å². The van der Waals surface area contributed by atoms with Crippen LogP contribution < -0.4 is 10.6 Å². The van der Waals surface area contributed by atoms with Gasteiger partial charge in [-0.2, -0.15) is 0 Å². The van der Waals surface area contributed by atoms with Crippen LogP contribution in [-0.2, 0) is 65.6 Å². The number of methoxy groups -OCH3 is 2. The molecule has 19 nitrogen and oxygen atoms in total. The van der Waals surface area contributed by atoms with E-state index in [4.69, 9.17) is 29.2 Å². The summed E-state index contributed by atoms with van der Waals surface area (Å²) in [5.41, 5.74) is 0.906. The Kier molecular flexibility index (Phi) is 20.0. The van der Waals surface area contributed by atoms with Crippen molar-refractivity contribution in [3.05, 3.63) is 71.8 Å². The van der Waals surface area contributed by atoms with Gasteiger partial charge >= 0.3 is 24.1 Å². The molecule has 5 rings (SSSR count). The molecule has 0 radical (unpaired) electrons. The number of rotatable bonds is 13. The average molecular weight is 859 g/mol. The van der Waals surface area contributed by atoms with E-state index in [-0.39, 0.29) is 89.3 Å². The average Bonchev–Trinajstić information content (AvgIpc) is 4.01. The monoisotopic (exact) mass is 858 g/mol. The van der Waals surface area contributed by atoms with Crippen molar-refractivity contribution in [2.24, 2.45) is 11.8 Å².